The van der Waals surface area contributed by atoms with E-state index in [9.17, 15) is 0 Å². The summed E-state index contributed by atoms with van der Waals surface area (Å²) in [5.74, 6) is 1.05. The lowest BCUT2D eigenvalue weighted by atomic mass is 9.75. The molecule has 3 nitrogen and oxygen atoms in total. The van der Waals surface area contributed by atoms with Crippen molar-refractivity contribution in [2.24, 2.45) is 5.41 Å². The largest absolute Gasteiger partial charge is 0.311 e. The smallest absolute Gasteiger partial charge is 0.138 e. The van der Waals surface area contributed by atoms with E-state index in [0.29, 0.717) is 0 Å². The minimum atomic E-state index is -0.000880. The average Bonchev–Trinajstić information content (AvgIpc) is 2.47. The molecule has 0 saturated heterocycles. The van der Waals surface area contributed by atoms with Crippen LogP contribution in [0.3, 0.4) is 0 Å². The van der Waals surface area contributed by atoms with Crippen molar-refractivity contribution in [3.8, 4) is 0 Å². The summed E-state index contributed by atoms with van der Waals surface area (Å²) in [6.07, 6.45) is 1.85. The van der Waals surface area contributed by atoms with Crippen LogP contribution in [0.15, 0.2) is 6.33 Å². The van der Waals surface area contributed by atoms with Gasteiger partial charge in [0.2, 0.25) is 0 Å². The fraction of sp³-hybridized carbons (Fsp3) is 0.846. The fourth-order valence-corrected chi connectivity index (χ4v) is 1.52. The van der Waals surface area contributed by atoms with Crippen molar-refractivity contribution in [2.45, 2.75) is 66.3 Å². The molecule has 0 amide bonds. The third kappa shape index (κ3) is 2.13. The lowest BCUT2D eigenvalue weighted by Gasteiger charge is -2.41. The van der Waals surface area contributed by atoms with Crippen LogP contribution < -0.4 is 0 Å². The summed E-state index contributed by atoms with van der Waals surface area (Å²) in [4.78, 5) is 0. The van der Waals surface area contributed by atoms with Crippen LogP contribution in [0.4, 0.5) is 0 Å². The molecule has 0 radical (unpaired) electrons. The van der Waals surface area contributed by atoms with Crippen LogP contribution in [0.25, 0.3) is 0 Å². The van der Waals surface area contributed by atoms with Crippen LogP contribution in [0.1, 0.15) is 61.2 Å². The number of hydrogen-bond donors (Lipinski definition) is 0. The standard InChI is InChI=1S/C13H25N3/c1-11(2,3)10-15-14-9-16(10)13(7,8)12(4,5)6/h9H,1-8H3. The molecular formula is C13H25N3. The predicted molar refractivity (Wildman–Crippen MR) is 67.5 cm³/mol. The van der Waals surface area contributed by atoms with E-state index < -0.39 is 0 Å². The maximum Gasteiger partial charge on any atom is 0.138 e. The van der Waals surface area contributed by atoms with E-state index in [1.54, 1.807) is 0 Å². The van der Waals surface area contributed by atoms with E-state index in [1.807, 2.05) is 6.33 Å². The highest BCUT2D eigenvalue weighted by atomic mass is 15.3. The highest BCUT2D eigenvalue weighted by Crippen LogP contribution is 2.38. The summed E-state index contributed by atoms with van der Waals surface area (Å²) in [6.45, 7) is 17.8. The molecule has 1 aromatic rings. The Labute approximate surface area is 99.3 Å². The third-order valence-corrected chi connectivity index (χ3v) is 3.66. The zero-order chi connectivity index (χ0) is 12.8. The van der Waals surface area contributed by atoms with E-state index >= 15 is 0 Å². The second-order valence-corrected chi connectivity index (χ2v) is 7.08. The topological polar surface area (TPSA) is 30.7 Å². The molecule has 16 heavy (non-hydrogen) atoms. The van der Waals surface area contributed by atoms with Gasteiger partial charge in [-0.2, -0.15) is 0 Å². The monoisotopic (exact) mass is 223 g/mol. The molecule has 1 rings (SSSR count). The predicted octanol–water partition coefficient (Wildman–Crippen LogP) is 3.36. The Kier molecular flexibility index (Phi) is 2.95. The first-order valence-electron chi connectivity index (χ1n) is 5.89. The lowest BCUT2D eigenvalue weighted by Crippen LogP contribution is -2.42. The highest BCUT2D eigenvalue weighted by Gasteiger charge is 2.38. The van der Waals surface area contributed by atoms with Gasteiger partial charge in [-0.25, -0.2) is 0 Å². The second-order valence-electron chi connectivity index (χ2n) is 7.08. The molecule has 92 valence electrons. The van der Waals surface area contributed by atoms with Gasteiger partial charge in [0, 0.05) is 11.0 Å². The van der Waals surface area contributed by atoms with Crippen LogP contribution in [0.2, 0.25) is 0 Å². The quantitative estimate of drug-likeness (QED) is 0.731. The second kappa shape index (κ2) is 3.57. The van der Waals surface area contributed by atoms with Crippen molar-refractivity contribution >= 4 is 0 Å². The van der Waals surface area contributed by atoms with Gasteiger partial charge in [-0.05, 0) is 19.3 Å². The molecule has 1 heterocycles. The zero-order valence-corrected chi connectivity index (χ0v) is 11.9. The molecule has 0 unspecified atom stereocenters. The third-order valence-electron chi connectivity index (χ3n) is 3.66. The molecule has 0 spiro atoms. The van der Waals surface area contributed by atoms with E-state index in [4.69, 9.17) is 0 Å². The van der Waals surface area contributed by atoms with Gasteiger partial charge in [0.25, 0.3) is 0 Å². The molecule has 0 aliphatic carbocycles. The number of nitrogens with zero attached hydrogens (tertiary/aromatic N) is 3. The van der Waals surface area contributed by atoms with Gasteiger partial charge >= 0.3 is 0 Å². The average molecular weight is 223 g/mol. The Hall–Kier alpha value is -0.860. The summed E-state index contributed by atoms with van der Waals surface area (Å²) < 4.78 is 2.22. The first kappa shape index (κ1) is 13.2. The van der Waals surface area contributed by atoms with Gasteiger partial charge in [0.05, 0.1) is 0 Å². The van der Waals surface area contributed by atoms with Crippen molar-refractivity contribution < 1.29 is 0 Å². The lowest BCUT2D eigenvalue weighted by molar-refractivity contribution is 0.131. The maximum absolute atomic E-state index is 4.28. The number of rotatable bonds is 1. The minimum absolute atomic E-state index is 0.000880. The molecule has 0 bridgehead atoms. The van der Waals surface area contributed by atoms with E-state index in [2.05, 4.69) is 70.2 Å². The summed E-state index contributed by atoms with van der Waals surface area (Å²) in [5, 5.41) is 8.36. The Balaban J connectivity index is 3.31. The highest BCUT2D eigenvalue weighted by molar-refractivity contribution is 5.07. The van der Waals surface area contributed by atoms with Crippen molar-refractivity contribution in [3.05, 3.63) is 12.2 Å². The normalized spacial score (nSPS) is 14.2. The maximum atomic E-state index is 4.28. The zero-order valence-electron chi connectivity index (χ0n) is 11.9. The molecule has 0 N–H and O–H groups in total. The summed E-state index contributed by atoms with van der Waals surface area (Å²) in [6, 6.07) is 0. The SMILES string of the molecule is CC(C)(C)c1nncn1C(C)(C)C(C)(C)C. The minimum Gasteiger partial charge on any atom is -0.311 e. The molecular weight excluding hydrogens is 198 g/mol. The van der Waals surface area contributed by atoms with Crippen molar-refractivity contribution in [1.82, 2.24) is 14.8 Å². The van der Waals surface area contributed by atoms with Crippen LogP contribution in [0, 0.1) is 5.41 Å². The molecule has 0 fully saturated rings. The first-order valence-corrected chi connectivity index (χ1v) is 5.89. The van der Waals surface area contributed by atoms with Gasteiger partial charge in [0.15, 0.2) is 0 Å². The van der Waals surface area contributed by atoms with E-state index in [0.717, 1.165) is 5.82 Å². The molecule has 1 aromatic heterocycles. The Morgan fingerprint density at radius 3 is 1.81 bits per heavy atom. The van der Waals surface area contributed by atoms with Gasteiger partial charge in [0.1, 0.15) is 12.2 Å². The van der Waals surface area contributed by atoms with Gasteiger partial charge in [-0.1, -0.05) is 41.5 Å². The number of aromatic nitrogens is 3. The van der Waals surface area contributed by atoms with Crippen molar-refractivity contribution in [1.29, 1.82) is 0 Å². The van der Waals surface area contributed by atoms with Gasteiger partial charge < -0.3 is 4.57 Å². The molecule has 0 saturated carbocycles. The van der Waals surface area contributed by atoms with Gasteiger partial charge in [-0.15, -0.1) is 10.2 Å². The summed E-state index contributed by atoms with van der Waals surface area (Å²) >= 11 is 0. The molecule has 3 heteroatoms. The van der Waals surface area contributed by atoms with Crippen molar-refractivity contribution in [3.63, 3.8) is 0 Å². The summed E-state index contributed by atoms with van der Waals surface area (Å²) in [7, 11) is 0. The Morgan fingerprint density at radius 2 is 1.44 bits per heavy atom. The Bertz CT molecular complexity index is 361. The van der Waals surface area contributed by atoms with Gasteiger partial charge in [-0.3, -0.25) is 0 Å². The Morgan fingerprint density at radius 1 is 0.938 bits per heavy atom. The van der Waals surface area contributed by atoms with E-state index in [-0.39, 0.29) is 16.4 Å². The fourth-order valence-electron chi connectivity index (χ4n) is 1.52. The molecule has 0 atom stereocenters. The first-order chi connectivity index (χ1) is 6.98. The van der Waals surface area contributed by atoms with Crippen LogP contribution in [0.5, 0.6) is 0 Å². The van der Waals surface area contributed by atoms with E-state index in [1.165, 1.54) is 0 Å². The number of hydrogen-bond acceptors (Lipinski definition) is 2. The van der Waals surface area contributed by atoms with Crippen LogP contribution >= 0.6 is 0 Å². The van der Waals surface area contributed by atoms with Crippen LogP contribution in [-0.4, -0.2) is 14.8 Å². The molecule has 0 aromatic carbocycles. The van der Waals surface area contributed by atoms with Crippen LogP contribution in [-0.2, 0) is 11.0 Å². The summed E-state index contributed by atoms with van der Waals surface area (Å²) in [5.41, 5.74) is 0.188. The molecule has 0 aliphatic rings. The molecule has 0 aliphatic heterocycles. The van der Waals surface area contributed by atoms with Crippen molar-refractivity contribution in [2.75, 3.05) is 0 Å².